The molecular weight excluding hydrogens is 418 g/mol. The number of amides is 1. The van der Waals surface area contributed by atoms with Gasteiger partial charge in [-0.05, 0) is 49.7 Å². The summed E-state index contributed by atoms with van der Waals surface area (Å²) >= 11 is 6.67. The Balaban J connectivity index is 1.62. The monoisotopic (exact) mass is 435 g/mol. The Labute approximate surface area is 183 Å². The van der Waals surface area contributed by atoms with Gasteiger partial charge >= 0.3 is 5.97 Å². The minimum atomic E-state index is -1.00. The zero-order valence-corrected chi connectivity index (χ0v) is 17.8. The number of rotatable bonds is 4. The summed E-state index contributed by atoms with van der Waals surface area (Å²) in [6.07, 6.45) is 1.66. The quantitative estimate of drug-likeness (QED) is 0.421. The molecule has 3 aromatic rings. The third kappa shape index (κ3) is 3.81. The van der Waals surface area contributed by atoms with Gasteiger partial charge in [-0.3, -0.25) is 9.69 Å². The molecule has 150 valence electrons. The Morgan fingerprint density at radius 2 is 1.93 bits per heavy atom. The Bertz CT molecular complexity index is 1230. The van der Waals surface area contributed by atoms with Crippen LogP contribution in [0.3, 0.4) is 0 Å². The van der Waals surface area contributed by atoms with Crippen LogP contribution in [0.15, 0.2) is 63.9 Å². The number of anilines is 1. The van der Waals surface area contributed by atoms with Crippen molar-refractivity contribution in [3.8, 4) is 11.3 Å². The van der Waals surface area contributed by atoms with Crippen LogP contribution in [-0.2, 0) is 4.79 Å². The summed E-state index contributed by atoms with van der Waals surface area (Å²) in [6.45, 7) is 3.95. The number of hydrogen-bond acceptors (Lipinski definition) is 5. The van der Waals surface area contributed by atoms with Crippen molar-refractivity contribution in [2.24, 2.45) is 0 Å². The highest BCUT2D eigenvalue weighted by Gasteiger charge is 2.34. The molecule has 2 aromatic carbocycles. The van der Waals surface area contributed by atoms with Crippen LogP contribution < -0.4 is 4.90 Å². The second kappa shape index (κ2) is 7.93. The molecule has 1 saturated heterocycles. The fraction of sp³-hybridized carbons (Fsp3) is 0.0870. The standard InChI is InChI=1S/C23H17NO4S2/c1-13-6-8-18(14(2)10-13)24-21(25)20(30-23(24)29)12-17-7-9-19(28-17)15-4-3-5-16(11-15)22(26)27/h3-12H,1-2H3,(H,26,27)/b20-12+. The second-order valence-corrected chi connectivity index (χ2v) is 8.57. The minimum Gasteiger partial charge on any atom is -0.478 e. The number of carbonyl (C=O) groups excluding carboxylic acids is 1. The van der Waals surface area contributed by atoms with Crippen LogP contribution in [0.4, 0.5) is 5.69 Å². The Morgan fingerprint density at radius 1 is 1.13 bits per heavy atom. The molecule has 2 heterocycles. The Kier molecular flexibility index (Phi) is 5.32. The molecule has 0 spiro atoms. The summed E-state index contributed by atoms with van der Waals surface area (Å²) < 4.78 is 6.31. The van der Waals surface area contributed by atoms with Crippen molar-refractivity contribution in [1.29, 1.82) is 0 Å². The summed E-state index contributed by atoms with van der Waals surface area (Å²) in [6, 6.07) is 15.9. The summed E-state index contributed by atoms with van der Waals surface area (Å²) in [4.78, 5) is 26.2. The molecule has 1 amide bonds. The molecule has 1 N–H and O–H groups in total. The van der Waals surface area contributed by atoms with Crippen LogP contribution in [-0.4, -0.2) is 21.3 Å². The van der Waals surface area contributed by atoms with Gasteiger partial charge in [0.05, 0.1) is 16.2 Å². The van der Waals surface area contributed by atoms with E-state index in [1.165, 1.54) is 17.8 Å². The van der Waals surface area contributed by atoms with Gasteiger partial charge in [-0.25, -0.2) is 4.79 Å². The van der Waals surface area contributed by atoms with Gasteiger partial charge in [0.1, 0.15) is 11.5 Å². The van der Waals surface area contributed by atoms with Crippen molar-refractivity contribution in [2.45, 2.75) is 13.8 Å². The molecule has 0 unspecified atom stereocenters. The number of furan rings is 1. The van der Waals surface area contributed by atoms with E-state index in [0.717, 1.165) is 16.8 Å². The lowest BCUT2D eigenvalue weighted by atomic mass is 10.1. The van der Waals surface area contributed by atoms with Gasteiger partial charge in [0.15, 0.2) is 4.32 Å². The van der Waals surface area contributed by atoms with Gasteiger partial charge in [-0.2, -0.15) is 0 Å². The molecule has 0 radical (unpaired) electrons. The number of benzene rings is 2. The maximum absolute atomic E-state index is 13.0. The highest BCUT2D eigenvalue weighted by atomic mass is 32.2. The number of carbonyl (C=O) groups is 2. The van der Waals surface area contributed by atoms with E-state index >= 15 is 0 Å². The minimum absolute atomic E-state index is 0.180. The highest BCUT2D eigenvalue weighted by Crippen LogP contribution is 2.38. The van der Waals surface area contributed by atoms with Crippen LogP contribution in [0.2, 0.25) is 0 Å². The predicted octanol–water partition coefficient (Wildman–Crippen LogP) is 5.67. The van der Waals surface area contributed by atoms with Crippen LogP contribution in [0, 0.1) is 13.8 Å². The summed E-state index contributed by atoms with van der Waals surface area (Å²) in [5.41, 5.74) is 3.70. The van der Waals surface area contributed by atoms with Crippen molar-refractivity contribution >= 4 is 51.9 Å². The molecule has 7 heteroatoms. The number of hydrogen-bond donors (Lipinski definition) is 1. The van der Waals surface area contributed by atoms with E-state index in [-0.39, 0.29) is 11.5 Å². The van der Waals surface area contributed by atoms with Crippen molar-refractivity contribution in [3.63, 3.8) is 0 Å². The maximum atomic E-state index is 13.0. The van der Waals surface area contributed by atoms with Gasteiger partial charge in [0, 0.05) is 11.6 Å². The van der Waals surface area contributed by atoms with Gasteiger partial charge in [0.25, 0.3) is 5.91 Å². The molecule has 0 atom stereocenters. The number of aromatic carboxylic acids is 1. The first-order valence-corrected chi connectivity index (χ1v) is 10.3. The topological polar surface area (TPSA) is 70.8 Å². The molecule has 30 heavy (non-hydrogen) atoms. The third-order valence-electron chi connectivity index (χ3n) is 4.68. The number of carboxylic acid groups (broad SMARTS) is 1. The van der Waals surface area contributed by atoms with Crippen molar-refractivity contribution in [3.05, 3.63) is 82.0 Å². The van der Waals surface area contributed by atoms with Crippen molar-refractivity contribution in [1.82, 2.24) is 0 Å². The SMILES string of the molecule is Cc1ccc(N2C(=O)/C(=C\c3ccc(-c4cccc(C(=O)O)c4)o3)SC2=S)c(C)c1. The van der Waals surface area contributed by atoms with Crippen LogP contribution in [0.5, 0.6) is 0 Å². The molecular formula is C23H17NO4S2. The van der Waals surface area contributed by atoms with E-state index < -0.39 is 5.97 Å². The average Bonchev–Trinajstić information content (AvgIpc) is 3.28. The Hall–Kier alpha value is -3.16. The lowest BCUT2D eigenvalue weighted by molar-refractivity contribution is -0.113. The van der Waals surface area contributed by atoms with Gasteiger partial charge in [0.2, 0.25) is 0 Å². The fourth-order valence-electron chi connectivity index (χ4n) is 3.25. The highest BCUT2D eigenvalue weighted by molar-refractivity contribution is 8.27. The molecule has 0 aliphatic carbocycles. The largest absolute Gasteiger partial charge is 0.478 e. The number of aryl methyl sites for hydroxylation is 2. The number of thiocarbonyl (C=S) groups is 1. The molecule has 1 aromatic heterocycles. The molecule has 1 fully saturated rings. The summed E-state index contributed by atoms with van der Waals surface area (Å²) in [7, 11) is 0. The molecule has 5 nitrogen and oxygen atoms in total. The molecule has 1 aliphatic heterocycles. The van der Waals surface area contributed by atoms with E-state index in [0.29, 0.717) is 26.3 Å². The smallest absolute Gasteiger partial charge is 0.335 e. The van der Waals surface area contributed by atoms with E-state index in [9.17, 15) is 9.59 Å². The average molecular weight is 436 g/mol. The molecule has 1 aliphatic rings. The zero-order valence-electron chi connectivity index (χ0n) is 16.2. The van der Waals surface area contributed by atoms with Gasteiger partial charge in [-0.1, -0.05) is 53.8 Å². The van der Waals surface area contributed by atoms with Crippen LogP contribution in [0.1, 0.15) is 27.2 Å². The summed E-state index contributed by atoms with van der Waals surface area (Å²) in [5.74, 6) is -0.178. The zero-order chi connectivity index (χ0) is 21.4. The molecule has 4 rings (SSSR count). The number of thioether (sulfide) groups is 1. The third-order valence-corrected chi connectivity index (χ3v) is 5.98. The first-order chi connectivity index (χ1) is 14.3. The van der Waals surface area contributed by atoms with Crippen molar-refractivity contribution in [2.75, 3.05) is 4.90 Å². The van der Waals surface area contributed by atoms with Crippen LogP contribution >= 0.6 is 24.0 Å². The predicted molar refractivity (Wildman–Crippen MR) is 123 cm³/mol. The summed E-state index contributed by atoms with van der Waals surface area (Å²) in [5, 5.41) is 9.16. The lowest BCUT2D eigenvalue weighted by Crippen LogP contribution is -2.28. The second-order valence-electron chi connectivity index (χ2n) is 6.90. The van der Waals surface area contributed by atoms with Gasteiger partial charge < -0.3 is 9.52 Å². The van der Waals surface area contributed by atoms with Crippen LogP contribution in [0.25, 0.3) is 17.4 Å². The van der Waals surface area contributed by atoms with Crippen molar-refractivity contribution < 1.29 is 19.1 Å². The molecule has 0 bridgehead atoms. The first kappa shape index (κ1) is 20.1. The van der Waals surface area contributed by atoms with E-state index in [1.807, 2.05) is 32.0 Å². The normalized spacial score (nSPS) is 15.3. The first-order valence-electron chi connectivity index (χ1n) is 9.12. The number of carboxylic acids is 1. The maximum Gasteiger partial charge on any atom is 0.335 e. The Morgan fingerprint density at radius 3 is 2.67 bits per heavy atom. The van der Waals surface area contributed by atoms with Gasteiger partial charge in [-0.15, -0.1) is 0 Å². The van der Waals surface area contributed by atoms with E-state index in [1.54, 1.807) is 41.3 Å². The molecule has 0 saturated carbocycles. The van der Waals surface area contributed by atoms with E-state index in [2.05, 4.69) is 0 Å². The number of nitrogens with zero attached hydrogens (tertiary/aromatic N) is 1. The fourth-order valence-corrected chi connectivity index (χ4v) is 4.52. The van der Waals surface area contributed by atoms with E-state index in [4.69, 9.17) is 21.7 Å². The lowest BCUT2D eigenvalue weighted by Gasteiger charge is -2.17.